The largest absolute Gasteiger partial charge is 0.347 e. The molecular formula is C23H22N2O2. The fourth-order valence-corrected chi connectivity index (χ4v) is 3.72. The van der Waals surface area contributed by atoms with Gasteiger partial charge < -0.3 is 10.6 Å². The average molecular weight is 358 g/mol. The van der Waals surface area contributed by atoms with Crippen LogP contribution in [0.2, 0.25) is 0 Å². The number of carbonyl (C=O) groups is 2. The number of nitrogens with one attached hydrogen (secondary N) is 2. The number of fused-ring (bicyclic) bond motifs is 2. The second kappa shape index (κ2) is 7.62. The van der Waals surface area contributed by atoms with Crippen LogP contribution in [-0.4, -0.2) is 18.4 Å². The Morgan fingerprint density at radius 3 is 2.59 bits per heavy atom. The molecule has 0 aromatic heterocycles. The summed E-state index contributed by atoms with van der Waals surface area (Å²) in [6.45, 7) is -0.0271. The lowest BCUT2D eigenvalue weighted by atomic mass is 10.0. The van der Waals surface area contributed by atoms with E-state index in [-0.39, 0.29) is 24.8 Å². The highest BCUT2D eigenvalue weighted by Crippen LogP contribution is 2.24. The Hall–Kier alpha value is -3.14. The fraction of sp³-hybridized carbons (Fsp3) is 0.217. The predicted molar refractivity (Wildman–Crippen MR) is 108 cm³/mol. The van der Waals surface area contributed by atoms with Gasteiger partial charge in [0.2, 0.25) is 11.8 Å². The number of benzene rings is 3. The van der Waals surface area contributed by atoms with Gasteiger partial charge in [-0.25, -0.2) is 0 Å². The molecule has 0 bridgehead atoms. The Morgan fingerprint density at radius 1 is 0.852 bits per heavy atom. The van der Waals surface area contributed by atoms with Crippen molar-refractivity contribution in [2.24, 2.45) is 0 Å². The Kier molecular flexibility index (Phi) is 4.88. The normalized spacial score (nSPS) is 12.6. The maximum absolute atomic E-state index is 12.3. The highest BCUT2D eigenvalue weighted by atomic mass is 16.2. The molecule has 27 heavy (non-hydrogen) atoms. The zero-order chi connectivity index (χ0) is 18.6. The van der Waals surface area contributed by atoms with Crippen LogP contribution < -0.4 is 10.6 Å². The Labute approximate surface area is 158 Å². The summed E-state index contributed by atoms with van der Waals surface area (Å²) >= 11 is 0. The van der Waals surface area contributed by atoms with Gasteiger partial charge in [-0.2, -0.15) is 0 Å². The monoisotopic (exact) mass is 358 g/mol. The van der Waals surface area contributed by atoms with Crippen molar-refractivity contribution in [1.29, 1.82) is 0 Å². The number of anilines is 1. The van der Waals surface area contributed by atoms with E-state index < -0.39 is 0 Å². The number of carbonyl (C=O) groups excluding carboxylic acids is 2. The molecule has 3 aromatic rings. The molecule has 4 nitrogen and oxygen atoms in total. The van der Waals surface area contributed by atoms with Crippen LogP contribution in [0.5, 0.6) is 0 Å². The maximum Gasteiger partial charge on any atom is 0.243 e. The topological polar surface area (TPSA) is 58.2 Å². The first-order valence-corrected chi connectivity index (χ1v) is 9.34. The molecule has 0 heterocycles. The third-order valence-corrected chi connectivity index (χ3v) is 5.06. The lowest BCUT2D eigenvalue weighted by Crippen LogP contribution is -2.33. The molecule has 0 saturated carbocycles. The van der Waals surface area contributed by atoms with Crippen molar-refractivity contribution in [2.45, 2.75) is 25.7 Å². The number of amides is 2. The number of hydrogen-bond donors (Lipinski definition) is 2. The summed E-state index contributed by atoms with van der Waals surface area (Å²) in [5.74, 6) is -0.366. The summed E-state index contributed by atoms with van der Waals surface area (Å²) in [4.78, 5) is 24.4. The van der Waals surface area contributed by atoms with Crippen LogP contribution >= 0.6 is 0 Å². The van der Waals surface area contributed by atoms with E-state index >= 15 is 0 Å². The van der Waals surface area contributed by atoms with Crippen LogP contribution in [0.1, 0.15) is 23.1 Å². The van der Waals surface area contributed by atoms with Gasteiger partial charge in [0.25, 0.3) is 0 Å². The van der Waals surface area contributed by atoms with Gasteiger partial charge in [0.05, 0.1) is 13.0 Å². The van der Waals surface area contributed by atoms with Crippen LogP contribution in [0.4, 0.5) is 5.69 Å². The lowest BCUT2D eigenvalue weighted by molar-refractivity contribution is -0.123. The minimum Gasteiger partial charge on any atom is -0.347 e. The summed E-state index contributed by atoms with van der Waals surface area (Å²) in [6, 6.07) is 20.0. The number of rotatable bonds is 5. The molecular weight excluding hydrogens is 336 g/mol. The van der Waals surface area contributed by atoms with Gasteiger partial charge in [-0.1, -0.05) is 48.5 Å². The molecule has 0 spiro atoms. The van der Waals surface area contributed by atoms with E-state index in [1.54, 1.807) is 0 Å². The molecule has 0 aliphatic heterocycles. The van der Waals surface area contributed by atoms with Crippen LogP contribution in [-0.2, 0) is 28.9 Å². The summed E-state index contributed by atoms with van der Waals surface area (Å²) in [5, 5.41) is 7.76. The van der Waals surface area contributed by atoms with Gasteiger partial charge >= 0.3 is 0 Å². The first kappa shape index (κ1) is 17.3. The molecule has 0 fully saturated rings. The molecule has 4 heteroatoms. The van der Waals surface area contributed by atoms with E-state index in [2.05, 4.69) is 16.7 Å². The molecule has 0 unspecified atom stereocenters. The van der Waals surface area contributed by atoms with E-state index in [4.69, 9.17) is 0 Å². The van der Waals surface area contributed by atoms with Gasteiger partial charge in [-0.3, -0.25) is 9.59 Å². The van der Waals surface area contributed by atoms with Crippen molar-refractivity contribution in [3.05, 3.63) is 77.4 Å². The molecule has 1 aliphatic rings. The first-order valence-electron chi connectivity index (χ1n) is 9.34. The van der Waals surface area contributed by atoms with Crippen molar-refractivity contribution in [3.63, 3.8) is 0 Å². The summed E-state index contributed by atoms with van der Waals surface area (Å²) in [6.07, 6.45) is 3.62. The van der Waals surface area contributed by atoms with Gasteiger partial charge in [0.15, 0.2) is 0 Å². The maximum atomic E-state index is 12.3. The second-order valence-electron chi connectivity index (χ2n) is 6.98. The summed E-state index contributed by atoms with van der Waals surface area (Å²) in [7, 11) is 0. The van der Waals surface area contributed by atoms with Gasteiger partial charge in [0.1, 0.15) is 0 Å². The molecule has 1 aliphatic carbocycles. The molecule has 2 amide bonds. The lowest BCUT2D eigenvalue weighted by Gasteiger charge is -2.10. The minimum atomic E-state index is -0.209. The van der Waals surface area contributed by atoms with Gasteiger partial charge in [0, 0.05) is 5.69 Å². The SMILES string of the molecule is O=C(Cc1cccc2ccccc12)NCC(=O)Nc1ccc2c(c1)CCC2. The third-order valence-electron chi connectivity index (χ3n) is 5.06. The number of aryl methyl sites for hydroxylation is 2. The zero-order valence-corrected chi connectivity index (χ0v) is 15.1. The molecule has 3 aromatic carbocycles. The zero-order valence-electron chi connectivity index (χ0n) is 15.1. The smallest absolute Gasteiger partial charge is 0.243 e. The first-order chi connectivity index (χ1) is 13.2. The van der Waals surface area contributed by atoms with Crippen LogP contribution in [0.25, 0.3) is 10.8 Å². The minimum absolute atomic E-state index is 0.0271. The standard InChI is InChI=1S/C23H22N2O2/c26-22(14-19-9-4-7-17-5-1-2-10-21(17)19)24-15-23(27)25-20-12-11-16-6-3-8-18(16)13-20/h1-2,4-5,7,9-13H,3,6,8,14-15H2,(H,24,26)(H,25,27). The number of hydrogen-bond acceptors (Lipinski definition) is 2. The molecule has 2 N–H and O–H groups in total. The van der Waals surface area contributed by atoms with E-state index in [0.717, 1.165) is 34.9 Å². The van der Waals surface area contributed by atoms with Crippen molar-refractivity contribution in [2.75, 3.05) is 11.9 Å². The van der Waals surface area contributed by atoms with Crippen molar-refractivity contribution >= 4 is 28.3 Å². The summed E-state index contributed by atoms with van der Waals surface area (Å²) < 4.78 is 0. The Morgan fingerprint density at radius 2 is 1.67 bits per heavy atom. The molecule has 4 rings (SSSR count). The second-order valence-corrected chi connectivity index (χ2v) is 6.98. The van der Waals surface area contributed by atoms with Crippen molar-refractivity contribution in [3.8, 4) is 0 Å². The Bertz CT molecular complexity index is 1000. The summed E-state index contributed by atoms with van der Waals surface area (Å²) in [5.41, 5.74) is 4.44. The van der Waals surface area contributed by atoms with Crippen LogP contribution in [0.3, 0.4) is 0 Å². The van der Waals surface area contributed by atoms with Crippen LogP contribution in [0.15, 0.2) is 60.7 Å². The van der Waals surface area contributed by atoms with Gasteiger partial charge in [-0.05, 0) is 58.9 Å². The predicted octanol–water partition coefficient (Wildman–Crippen LogP) is 3.63. The third kappa shape index (κ3) is 4.00. The van der Waals surface area contributed by atoms with E-state index in [1.165, 1.54) is 17.5 Å². The highest BCUT2D eigenvalue weighted by Gasteiger charge is 2.13. The highest BCUT2D eigenvalue weighted by molar-refractivity contribution is 5.96. The molecule has 0 saturated heterocycles. The molecule has 0 atom stereocenters. The molecule has 136 valence electrons. The van der Waals surface area contributed by atoms with E-state index in [0.29, 0.717) is 0 Å². The van der Waals surface area contributed by atoms with E-state index in [1.807, 2.05) is 54.6 Å². The van der Waals surface area contributed by atoms with Gasteiger partial charge in [-0.15, -0.1) is 0 Å². The van der Waals surface area contributed by atoms with Crippen LogP contribution in [0, 0.1) is 0 Å². The fourth-order valence-electron chi connectivity index (χ4n) is 3.72. The quantitative estimate of drug-likeness (QED) is 0.732. The molecule has 0 radical (unpaired) electrons. The Balaban J connectivity index is 1.33. The van der Waals surface area contributed by atoms with Crippen molar-refractivity contribution in [1.82, 2.24) is 5.32 Å². The van der Waals surface area contributed by atoms with Crippen molar-refractivity contribution < 1.29 is 9.59 Å². The van der Waals surface area contributed by atoms with E-state index in [9.17, 15) is 9.59 Å². The average Bonchev–Trinajstić information content (AvgIpc) is 3.14.